The molecule has 0 bridgehead atoms. The van der Waals surface area contributed by atoms with Gasteiger partial charge in [0.1, 0.15) is 0 Å². The number of rotatable bonds is 3. The number of benzene rings is 1. The Labute approximate surface area is 139 Å². The lowest BCUT2D eigenvalue weighted by Crippen LogP contribution is -2.32. The number of nitrogens with one attached hydrogen (secondary N) is 1. The molecular formula is C16H18Cl2N2S. The van der Waals surface area contributed by atoms with Crippen LogP contribution in [0.2, 0.25) is 9.36 Å². The van der Waals surface area contributed by atoms with Crippen LogP contribution in [-0.4, -0.2) is 31.1 Å². The predicted octanol–water partition coefficient (Wildman–Crippen LogP) is 4.44. The van der Waals surface area contributed by atoms with Gasteiger partial charge in [-0.2, -0.15) is 0 Å². The molecule has 1 aromatic heterocycles. The molecule has 0 amide bonds. The lowest BCUT2D eigenvalue weighted by atomic mass is 10.0. The molecule has 1 fully saturated rings. The molecule has 5 heteroatoms. The van der Waals surface area contributed by atoms with Crippen LogP contribution in [0.15, 0.2) is 36.4 Å². The van der Waals surface area contributed by atoms with Crippen molar-refractivity contribution in [2.24, 2.45) is 0 Å². The molecule has 3 rings (SSSR count). The van der Waals surface area contributed by atoms with Gasteiger partial charge in [-0.1, -0.05) is 41.4 Å². The predicted molar refractivity (Wildman–Crippen MR) is 91.7 cm³/mol. The molecule has 2 nitrogen and oxygen atoms in total. The Morgan fingerprint density at radius 1 is 1.05 bits per heavy atom. The maximum atomic E-state index is 6.47. The van der Waals surface area contributed by atoms with Gasteiger partial charge >= 0.3 is 0 Å². The van der Waals surface area contributed by atoms with Crippen LogP contribution < -0.4 is 5.32 Å². The van der Waals surface area contributed by atoms with Gasteiger partial charge in [-0.3, -0.25) is 4.90 Å². The molecule has 0 spiro atoms. The summed E-state index contributed by atoms with van der Waals surface area (Å²) in [4.78, 5) is 3.76. The fraction of sp³-hybridized carbons (Fsp3) is 0.375. The largest absolute Gasteiger partial charge is 0.315 e. The zero-order valence-electron chi connectivity index (χ0n) is 11.7. The normalized spacial score (nSPS) is 18.4. The quantitative estimate of drug-likeness (QED) is 0.888. The molecule has 1 N–H and O–H groups in total. The van der Waals surface area contributed by atoms with Crippen LogP contribution >= 0.6 is 34.5 Å². The minimum atomic E-state index is 0.191. The summed E-state index contributed by atoms with van der Waals surface area (Å²) in [5.41, 5.74) is 1.17. The van der Waals surface area contributed by atoms with Crippen molar-refractivity contribution in [3.05, 3.63) is 56.2 Å². The first-order valence-electron chi connectivity index (χ1n) is 7.20. The second-order valence-corrected chi connectivity index (χ2v) is 7.36. The van der Waals surface area contributed by atoms with Crippen LogP contribution in [0.5, 0.6) is 0 Å². The maximum absolute atomic E-state index is 6.47. The SMILES string of the molecule is Clc1ccc(C(c2ccccc2Cl)N2CCCNCC2)s1. The van der Waals surface area contributed by atoms with Crippen molar-refractivity contribution < 1.29 is 0 Å². The lowest BCUT2D eigenvalue weighted by molar-refractivity contribution is 0.244. The molecule has 1 aromatic carbocycles. The van der Waals surface area contributed by atoms with Gasteiger partial charge in [-0.25, -0.2) is 0 Å². The molecule has 1 atom stereocenters. The van der Waals surface area contributed by atoms with E-state index in [1.165, 1.54) is 10.4 Å². The maximum Gasteiger partial charge on any atom is 0.0931 e. The molecule has 1 unspecified atom stereocenters. The lowest BCUT2D eigenvalue weighted by Gasteiger charge is -2.30. The minimum absolute atomic E-state index is 0.191. The van der Waals surface area contributed by atoms with Crippen molar-refractivity contribution in [3.8, 4) is 0 Å². The summed E-state index contributed by atoms with van der Waals surface area (Å²) in [5, 5.41) is 4.28. The van der Waals surface area contributed by atoms with Gasteiger partial charge in [0.25, 0.3) is 0 Å². The Morgan fingerprint density at radius 2 is 1.90 bits per heavy atom. The fourth-order valence-electron chi connectivity index (χ4n) is 2.83. The molecular weight excluding hydrogens is 323 g/mol. The Bertz CT molecular complexity index is 591. The highest BCUT2D eigenvalue weighted by Gasteiger charge is 2.26. The molecule has 0 saturated carbocycles. The van der Waals surface area contributed by atoms with Crippen molar-refractivity contribution >= 4 is 34.5 Å². The summed E-state index contributed by atoms with van der Waals surface area (Å²) in [5.74, 6) is 0. The van der Waals surface area contributed by atoms with Crippen LogP contribution in [0.1, 0.15) is 22.9 Å². The monoisotopic (exact) mass is 340 g/mol. The van der Waals surface area contributed by atoms with Crippen LogP contribution in [0.4, 0.5) is 0 Å². The third-order valence-electron chi connectivity index (χ3n) is 3.80. The van der Waals surface area contributed by atoms with E-state index in [4.69, 9.17) is 23.2 Å². The first-order chi connectivity index (χ1) is 10.3. The highest BCUT2D eigenvalue weighted by Crippen LogP contribution is 2.38. The topological polar surface area (TPSA) is 15.3 Å². The molecule has 0 aliphatic carbocycles. The third kappa shape index (κ3) is 3.61. The summed E-state index contributed by atoms with van der Waals surface area (Å²) in [6.45, 7) is 4.18. The average Bonchev–Trinajstić information content (AvgIpc) is 2.74. The second-order valence-electron chi connectivity index (χ2n) is 5.21. The number of hydrogen-bond donors (Lipinski definition) is 1. The van der Waals surface area contributed by atoms with E-state index < -0.39 is 0 Å². The van der Waals surface area contributed by atoms with Gasteiger partial charge in [0.15, 0.2) is 0 Å². The smallest absolute Gasteiger partial charge is 0.0931 e. The zero-order valence-corrected chi connectivity index (χ0v) is 14.0. The Hall–Kier alpha value is -0.580. The van der Waals surface area contributed by atoms with Gasteiger partial charge in [0.05, 0.1) is 10.4 Å². The summed E-state index contributed by atoms with van der Waals surface area (Å²) in [6, 6.07) is 12.4. The van der Waals surface area contributed by atoms with Gasteiger partial charge < -0.3 is 5.32 Å². The van der Waals surface area contributed by atoms with E-state index in [2.05, 4.69) is 28.4 Å². The van der Waals surface area contributed by atoms with Gasteiger partial charge in [-0.15, -0.1) is 11.3 Å². The van der Waals surface area contributed by atoms with Crippen LogP contribution in [0.3, 0.4) is 0 Å². The Kier molecular flexibility index (Phi) is 5.19. The summed E-state index contributed by atoms with van der Waals surface area (Å²) < 4.78 is 0.829. The van der Waals surface area contributed by atoms with Crippen LogP contribution in [0.25, 0.3) is 0 Å². The highest BCUT2D eigenvalue weighted by atomic mass is 35.5. The minimum Gasteiger partial charge on any atom is -0.315 e. The molecule has 21 heavy (non-hydrogen) atoms. The van der Waals surface area contributed by atoms with E-state index in [0.717, 1.165) is 42.0 Å². The fourth-order valence-corrected chi connectivity index (χ4v) is 4.28. The summed E-state index contributed by atoms with van der Waals surface area (Å²) >= 11 is 14.3. The van der Waals surface area contributed by atoms with Crippen molar-refractivity contribution in [2.75, 3.05) is 26.2 Å². The number of hydrogen-bond acceptors (Lipinski definition) is 3. The number of nitrogens with zero attached hydrogens (tertiary/aromatic N) is 1. The van der Waals surface area contributed by atoms with Gasteiger partial charge in [0.2, 0.25) is 0 Å². The van der Waals surface area contributed by atoms with E-state index in [0.29, 0.717) is 0 Å². The molecule has 0 radical (unpaired) electrons. The molecule has 1 aliphatic heterocycles. The average molecular weight is 341 g/mol. The standard InChI is InChI=1S/C16H18Cl2N2S/c17-13-5-2-1-4-12(13)16(14-6-7-15(18)21-14)20-10-3-8-19-9-11-20/h1-2,4-7,16,19H,3,8-11H2. The Balaban J connectivity index is 2.00. The molecule has 1 saturated heterocycles. The van der Waals surface area contributed by atoms with Crippen LogP contribution in [0, 0.1) is 0 Å². The van der Waals surface area contributed by atoms with E-state index in [1.807, 2.05) is 18.2 Å². The van der Waals surface area contributed by atoms with E-state index >= 15 is 0 Å². The van der Waals surface area contributed by atoms with E-state index in [-0.39, 0.29) is 6.04 Å². The van der Waals surface area contributed by atoms with Gasteiger partial charge in [-0.05, 0) is 36.7 Å². The molecule has 2 aromatic rings. The van der Waals surface area contributed by atoms with E-state index in [9.17, 15) is 0 Å². The summed E-state index contributed by atoms with van der Waals surface area (Å²) in [7, 11) is 0. The second kappa shape index (κ2) is 7.12. The van der Waals surface area contributed by atoms with Gasteiger partial charge in [0, 0.05) is 29.5 Å². The Morgan fingerprint density at radius 3 is 2.67 bits per heavy atom. The molecule has 1 aliphatic rings. The highest BCUT2D eigenvalue weighted by molar-refractivity contribution is 7.16. The van der Waals surface area contributed by atoms with Crippen molar-refractivity contribution in [1.29, 1.82) is 0 Å². The van der Waals surface area contributed by atoms with Crippen LogP contribution in [-0.2, 0) is 0 Å². The first kappa shape index (κ1) is 15.3. The number of halogens is 2. The zero-order chi connectivity index (χ0) is 14.7. The number of thiophene rings is 1. The molecule has 2 heterocycles. The van der Waals surface area contributed by atoms with Crippen molar-refractivity contribution in [3.63, 3.8) is 0 Å². The summed E-state index contributed by atoms with van der Waals surface area (Å²) in [6.07, 6.45) is 1.15. The third-order valence-corrected chi connectivity index (χ3v) is 5.43. The first-order valence-corrected chi connectivity index (χ1v) is 8.77. The van der Waals surface area contributed by atoms with E-state index in [1.54, 1.807) is 11.3 Å². The van der Waals surface area contributed by atoms with Crippen molar-refractivity contribution in [1.82, 2.24) is 10.2 Å². The van der Waals surface area contributed by atoms with Crippen molar-refractivity contribution in [2.45, 2.75) is 12.5 Å². The molecule has 112 valence electrons.